The van der Waals surface area contributed by atoms with Crippen molar-refractivity contribution in [2.24, 2.45) is 5.73 Å². The standard InChI is InChI=1S/C13H16N2O3S/c1-3-15(8-11(16)18-2)13(17)10-6-4-9(5-7-10)12(14)19/h4-7H,3,8H2,1-2H3,(H2,14,19). The second-order valence-corrected chi connectivity index (χ2v) is 4.28. The van der Waals surface area contributed by atoms with Crippen LogP contribution in [0.15, 0.2) is 24.3 Å². The molecule has 1 aromatic carbocycles. The van der Waals surface area contributed by atoms with E-state index in [0.717, 1.165) is 0 Å². The number of carbonyl (C=O) groups is 2. The molecule has 0 atom stereocenters. The predicted octanol–water partition coefficient (Wildman–Crippen LogP) is 0.956. The molecule has 0 bridgehead atoms. The lowest BCUT2D eigenvalue weighted by Gasteiger charge is -2.19. The first-order valence-electron chi connectivity index (χ1n) is 5.75. The quantitative estimate of drug-likeness (QED) is 0.642. The molecular weight excluding hydrogens is 264 g/mol. The number of carbonyl (C=O) groups excluding carboxylic acids is 2. The van der Waals surface area contributed by atoms with Gasteiger partial charge >= 0.3 is 5.97 Å². The fraction of sp³-hybridized carbons (Fsp3) is 0.308. The molecular formula is C13H16N2O3S. The van der Waals surface area contributed by atoms with Crippen LogP contribution >= 0.6 is 12.2 Å². The van der Waals surface area contributed by atoms with Crippen molar-refractivity contribution in [1.29, 1.82) is 0 Å². The Labute approximate surface area is 117 Å². The van der Waals surface area contributed by atoms with Gasteiger partial charge in [0, 0.05) is 17.7 Å². The van der Waals surface area contributed by atoms with Crippen LogP contribution in [0.25, 0.3) is 0 Å². The Morgan fingerprint density at radius 3 is 2.21 bits per heavy atom. The number of rotatable bonds is 5. The normalized spacial score (nSPS) is 9.79. The lowest BCUT2D eigenvalue weighted by molar-refractivity contribution is -0.141. The number of hydrogen-bond acceptors (Lipinski definition) is 4. The van der Waals surface area contributed by atoms with Gasteiger partial charge in [0.05, 0.1) is 7.11 Å². The van der Waals surface area contributed by atoms with Gasteiger partial charge in [-0.1, -0.05) is 24.4 Å². The molecule has 0 aliphatic heterocycles. The highest BCUT2D eigenvalue weighted by molar-refractivity contribution is 7.80. The molecule has 0 aliphatic carbocycles. The Balaban J connectivity index is 2.85. The van der Waals surface area contributed by atoms with Gasteiger partial charge in [0.1, 0.15) is 11.5 Å². The monoisotopic (exact) mass is 280 g/mol. The minimum absolute atomic E-state index is 0.0666. The molecule has 0 aromatic heterocycles. The van der Waals surface area contributed by atoms with Crippen LogP contribution in [0.3, 0.4) is 0 Å². The summed E-state index contributed by atoms with van der Waals surface area (Å²) in [6.45, 7) is 2.15. The van der Waals surface area contributed by atoms with Crippen LogP contribution in [-0.4, -0.2) is 42.0 Å². The van der Waals surface area contributed by atoms with E-state index in [9.17, 15) is 9.59 Å². The van der Waals surface area contributed by atoms with Crippen molar-refractivity contribution in [3.8, 4) is 0 Å². The molecule has 19 heavy (non-hydrogen) atoms. The van der Waals surface area contributed by atoms with E-state index >= 15 is 0 Å². The number of ether oxygens (including phenoxy) is 1. The van der Waals surface area contributed by atoms with Crippen LogP contribution in [0.4, 0.5) is 0 Å². The smallest absolute Gasteiger partial charge is 0.325 e. The maximum Gasteiger partial charge on any atom is 0.325 e. The topological polar surface area (TPSA) is 72.6 Å². The number of amides is 1. The third-order valence-corrected chi connectivity index (χ3v) is 2.87. The third-order valence-electron chi connectivity index (χ3n) is 2.63. The van der Waals surface area contributed by atoms with Crippen LogP contribution in [0.5, 0.6) is 0 Å². The molecule has 0 radical (unpaired) electrons. The van der Waals surface area contributed by atoms with E-state index in [-0.39, 0.29) is 17.4 Å². The summed E-state index contributed by atoms with van der Waals surface area (Å²) in [5.74, 6) is -0.683. The summed E-state index contributed by atoms with van der Waals surface area (Å²) in [7, 11) is 1.29. The fourth-order valence-corrected chi connectivity index (χ4v) is 1.64. The molecule has 0 saturated carbocycles. The van der Waals surface area contributed by atoms with E-state index < -0.39 is 5.97 Å². The molecule has 0 fully saturated rings. The number of hydrogen-bond donors (Lipinski definition) is 1. The maximum atomic E-state index is 12.2. The van der Waals surface area contributed by atoms with Gasteiger partial charge < -0.3 is 15.4 Å². The second kappa shape index (κ2) is 6.84. The summed E-state index contributed by atoms with van der Waals surface area (Å²) in [5.41, 5.74) is 6.66. The Morgan fingerprint density at radius 1 is 1.26 bits per heavy atom. The number of methoxy groups -OCH3 is 1. The van der Waals surface area contributed by atoms with Gasteiger partial charge in [-0.25, -0.2) is 0 Å². The molecule has 102 valence electrons. The fourth-order valence-electron chi connectivity index (χ4n) is 1.51. The molecule has 1 rings (SSSR count). The Morgan fingerprint density at radius 2 is 1.79 bits per heavy atom. The summed E-state index contributed by atoms with van der Waals surface area (Å²) in [4.78, 5) is 25.1. The SMILES string of the molecule is CCN(CC(=O)OC)C(=O)c1ccc(C(N)=S)cc1. The van der Waals surface area contributed by atoms with E-state index in [1.807, 2.05) is 0 Å². The highest BCUT2D eigenvalue weighted by atomic mass is 32.1. The molecule has 0 aliphatic rings. The zero-order valence-corrected chi connectivity index (χ0v) is 11.7. The largest absolute Gasteiger partial charge is 0.468 e. The number of esters is 1. The summed E-state index contributed by atoms with van der Waals surface area (Å²) in [6.07, 6.45) is 0. The van der Waals surface area contributed by atoms with Gasteiger partial charge in [-0.05, 0) is 19.1 Å². The lowest BCUT2D eigenvalue weighted by atomic mass is 10.1. The van der Waals surface area contributed by atoms with Crippen LogP contribution in [0.2, 0.25) is 0 Å². The van der Waals surface area contributed by atoms with Gasteiger partial charge in [0.15, 0.2) is 0 Å². The Bertz CT molecular complexity index is 485. The number of nitrogens with zero attached hydrogens (tertiary/aromatic N) is 1. The van der Waals surface area contributed by atoms with Gasteiger partial charge in [-0.2, -0.15) is 0 Å². The van der Waals surface area contributed by atoms with Crippen LogP contribution in [0, 0.1) is 0 Å². The summed E-state index contributed by atoms with van der Waals surface area (Å²) in [5, 5.41) is 0. The highest BCUT2D eigenvalue weighted by Gasteiger charge is 2.17. The first-order chi connectivity index (χ1) is 8.99. The van der Waals surface area contributed by atoms with Gasteiger partial charge in [-0.15, -0.1) is 0 Å². The predicted molar refractivity (Wildman–Crippen MR) is 75.9 cm³/mol. The van der Waals surface area contributed by atoms with Crippen molar-refractivity contribution in [2.75, 3.05) is 20.2 Å². The van der Waals surface area contributed by atoms with Crippen molar-refractivity contribution in [3.63, 3.8) is 0 Å². The molecule has 1 aromatic rings. The van der Waals surface area contributed by atoms with Crippen molar-refractivity contribution >= 4 is 29.1 Å². The summed E-state index contributed by atoms with van der Waals surface area (Å²) < 4.78 is 4.55. The maximum absolute atomic E-state index is 12.2. The van der Waals surface area contributed by atoms with Crippen molar-refractivity contribution in [2.45, 2.75) is 6.92 Å². The van der Waals surface area contributed by atoms with Crippen molar-refractivity contribution in [3.05, 3.63) is 35.4 Å². The summed E-state index contributed by atoms with van der Waals surface area (Å²) in [6, 6.07) is 6.64. The Hall–Kier alpha value is -1.95. The van der Waals surface area contributed by atoms with Crippen molar-refractivity contribution < 1.29 is 14.3 Å². The van der Waals surface area contributed by atoms with Crippen LogP contribution < -0.4 is 5.73 Å². The van der Waals surface area contributed by atoms with Gasteiger partial charge in [-0.3, -0.25) is 9.59 Å². The van der Waals surface area contributed by atoms with Crippen LogP contribution in [0.1, 0.15) is 22.8 Å². The summed E-state index contributed by atoms with van der Waals surface area (Å²) >= 11 is 4.84. The molecule has 0 saturated heterocycles. The minimum Gasteiger partial charge on any atom is -0.468 e. The van der Waals surface area contributed by atoms with E-state index in [4.69, 9.17) is 18.0 Å². The van der Waals surface area contributed by atoms with E-state index in [1.165, 1.54) is 12.0 Å². The molecule has 1 amide bonds. The number of benzene rings is 1. The van der Waals surface area contributed by atoms with Gasteiger partial charge in [0.25, 0.3) is 5.91 Å². The molecule has 0 unspecified atom stereocenters. The van der Waals surface area contributed by atoms with E-state index in [0.29, 0.717) is 17.7 Å². The minimum atomic E-state index is -0.449. The number of likely N-dealkylation sites (N-methyl/N-ethyl adjacent to an activating group) is 1. The zero-order chi connectivity index (χ0) is 14.4. The zero-order valence-electron chi connectivity index (χ0n) is 10.9. The Kier molecular flexibility index (Phi) is 5.44. The van der Waals surface area contributed by atoms with Crippen LogP contribution in [-0.2, 0) is 9.53 Å². The second-order valence-electron chi connectivity index (χ2n) is 3.84. The molecule has 0 heterocycles. The number of nitrogens with two attached hydrogens (primary N) is 1. The average Bonchev–Trinajstić information content (AvgIpc) is 2.43. The molecule has 6 heteroatoms. The lowest BCUT2D eigenvalue weighted by Crippen LogP contribution is -2.36. The van der Waals surface area contributed by atoms with Crippen molar-refractivity contribution in [1.82, 2.24) is 4.90 Å². The number of thiocarbonyl (C=S) groups is 1. The first kappa shape index (κ1) is 15.1. The molecule has 0 spiro atoms. The first-order valence-corrected chi connectivity index (χ1v) is 6.16. The van der Waals surface area contributed by atoms with E-state index in [1.54, 1.807) is 31.2 Å². The third kappa shape index (κ3) is 4.03. The average molecular weight is 280 g/mol. The molecule has 5 nitrogen and oxygen atoms in total. The van der Waals surface area contributed by atoms with Gasteiger partial charge in [0.2, 0.25) is 0 Å². The highest BCUT2D eigenvalue weighted by Crippen LogP contribution is 2.08. The molecule has 2 N–H and O–H groups in total. The van der Waals surface area contributed by atoms with E-state index in [2.05, 4.69) is 4.74 Å².